The second-order valence-electron chi connectivity index (χ2n) is 7.08. The van der Waals surface area contributed by atoms with Crippen LogP contribution >= 0.6 is 23.2 Å². The number of benzene rings is 1. The van der Waals surface area contributed by atoms with Crippen LogP contribution in [0.5, 0.6) is 0 Å². The molecule has 2 aromatic heterocycles. The Hall–Kier alpha value is -2.50. The number of hydrogen-bond acceptors (Lipinski definition) is 3. The average Bonchev–Trinajstić information content (AvgIpc) is 3.06. The highest BCUT2D eigenvalue weighted by Crippen LogP contribution is 2.33. The van der Waals surface area contributed by atoms with Crippen molar-refractivity contribution >= 4 is 34.5 Å². The van der Waals surface area contributed by atoms with Crippen molar-refractivity contribution in [2.75, 3.05) is 5.32 Å². The average molecular weight is 431 g/mol. The Morgan fingerprint density at radius 2 is 1.90 bits per heavy atom. The molecule has 1 atom stereocenters. The summed E-state index contributed by atoms with van der Waals surface area (Å²) < 4.78 is 3.26. The van der Waals surface area contributed by atoms with Gasteiger partial charge in [-0.05, 0) is 35.8 Å². The molecule has 0 saturated heterocycles. The second kappa shape index (κ2) is 8.89. The van der Waals surface area contributed by atoms with Gasteiger partial charge in [-0.15, -0.1) is 0 Å². The fourth-order valence-electron chi connectivity index (χ4n) is 3.33. The number of nitrogens with one attached hydrogen (secondary N) is 1. The molecule has 7 heteroatoms. The van der Waals surface area contributed by atoms with Gasteiger partial charge in [0.25, 0.3) is 5.56 Å². The van der Waals surface area contributed by atoms with E-state index in [2.05, 4.69) is 23.9 Å². The Morgan fingerprint density at radius 3 is 2.52 bits per heavy atom. The molecule has 3 aromatic rings. The quantitative estimate of drug-likeness (QED) is 0.542. The monoisotopic (exact) mass is 430 g/mol. The first-order valence-corrected chi connectivity index (χ1v) is 10.2. The van der Waals surface area contributed by atoms with E-state index in [1.165, 1.54) is 4.57 Å². The Balaban J connectivity index is 2.11. The SMILES string of the molecule is C=C(CCC)c1nn(C)cc1C(Nc1cc(Cl)c(=O)n(C)c1)c1ccc(Cl)cc1. The first-order valence-electron chi connectivity index (χ1n) is 9.40. The lowest BCUT2D eigenvalue weighted by Gasteiger charge is -2.22. The van der Waals surface area contributed by atoms with Gasteiger partial charge in [-0.25, -0.2) is 0 Å². The van der Waals surface area contributed by atoms with Crippen LogP contribution in [0.1, 0.15) is 42.6 Å². The number of aryl methyl sites for hydroxylation is 2. The van der Waals surface area contributed by atoms with Crippen molar-refractivity contribution in [1.29, 1.82) is 0 Å². The van der Waals surface area contributed by atoms with E-state index in [-0.39, 0.29) is 16.6 Å². The Bertz CT molecular complexity index is 1060. The minimum absolute atomic E-state index is 0.161. The van der Waals surface area contributed by atoms with E-state index in [4.69, 9.17) is 23.2 Å². The van der Waals surface area contributed by atoms with Crippen molar-refractivity contribution in [1.82, 2.24) is 14.3 Å². The molecule has 0 aliphatic carbocycles. The van der Waals surface area contributed by atoms with Gasteiger partial charge in [-0.3, -0.25) is 9.48 Å². The van der Waals surface area contributed by atoms with Crippen LogP contribution in [0.2, 0.25) is 10.0 Å². The fraction of sp³-hybridized carbons (Fsp3) is 0.273. The molecule has 152 valence electrons. The van der Waals surface area contributed by atoms with Gasteiger partial charge < -0.3 is 9.88 Å². The topological polar surface area (TPSA) is 51.9 Å². The highest BCUT2D eigenvalue weighted by molar-refractivity contribution is 6.30. The van der Waals surface area contributed by atoms with Crippen LogP contribution in [0.15, 0.2) is 54.1 Å². The molecule has 0 bridgehead atoms. The van der Waals surface area contributed by atoms with Gasteiger partial charge in [-0.1, -0.05) is 55.3 Å². The van der Waals surface area contributed by atoms with E-state index in [0.717, 1.165) is 40.9 Å². The van der Waals surface area contributed by atoms with Crippen molar-refractivity contribution < 1.29 is 0 Å². The maximum Gasteiger partial charge on any atom is 0.269 e. The van der Waals surface area contributed by atoms with E-state index >= 15 is 0 Å². The molecule has 0 amide bonds. The highest BCUT2D eigenvalue weighted by atomic mass is 35.5. The predicted molar refractivity (Wildman–Crippen MR) is 121 cm³/mol. The van der Waals surface area contributed by atoms with Gasteiger partial charge in [0.1, 0.15) is 5.02 Å². The predicted octanol–water partition coefficient (Wildman–Crippen LogP) is 5.44. The van der Waals surface area contributed by atoms with E-state index in [1.807, 2.05) is 37.5 Å². The molecule has 0 fully saturated rings. The number of aromatic nitrogens is 3. The van der Waals surface area contributed by atoms with Crippen molar-refractivity contribution in [3.63, 3.8) is 0 Å². The lowest BCUT2D eigenvalue weighted by Crippen LogP contribution is -2.19. The number of rotatable bonds is 7. The second-order valence-corrected chi connectivity index (χ2v) is 7.93. The third-order valence-electron chi connectivity index (χ3n) is 4.71. The van der Waals surface area contributed by atoms with Crippen LogP contribution in [0, 0.1) is 0 Å². The minimum Gasteiger partial charge on any atom is -0.373 e. The summed E-state index contributed by atoms with van der Waals surface area (Å²) >= 11 is 12.2. The molecule has 0 aliphatic heterocycles. The third kappa shape index (κ3) is 4.74. The lowest BCUT2D eigenvalue weighted by atomic mass is 9.95. The summed E-state index contributed by atoms with van der Waals surface area (Å²) in [5.74, 6) is 0. The molecule has 2 heterocycles. The Labute approximate surface area is 180 Å². The van der Waals surface area contributed by atoms with Gasteiger partial charge in [0.2, 0.25) is 0 Å². The zero-order valence-electron chi connectivity index (χ0n) is 16.7. The maximum atomic E-state index is 12.0. The van der Waals surface area contributed by atoms with Crippen LogP contribution < -0.4 is 10.9 Å². The fourth-order valence-corrected chi connectivity index (χ4v) is 3.70. The number of pyridine rings is 1. The molecule has 0 radical (unpaired) electrons. The standard InChI is InChI=1S/C22H24Cl2N4O/c1-5-6-14(2)20-18(13-28(4)26-20)21(15-7-9-16(23)10-8-15)25-17-11-19(24)22(29)27(3)12-17/h7-13,21,25H,2,5-6H2,1,3-4H3. The molecule has 29 heavy (non-hydrogen) atoms. The molecule has 1 unspecified atom stereocenters. The van der Waals surface area contributed by atoms with Crippen molar-refractivity contribution in [3.05, 3.63) is 86.5 Å². The lowest BCUT2D eigenvalue weighted by molar-refractivity contribution is 0.760. The zero-order chi connectivity index (χ0) is 21.1. The molecule has 0 spiro atoms. The van der Waals surface area contributed by atoms with Crippen LogP contribution in [-0.4, -0.2) is 14.3 Å². The Kier molecular flexibility index (Phi) is 6.50. The van der Waals surface area contributed by atoms with Crippen LogP contribution in [-0.2, 0) is 14.1 Å². The van der Waals surface area contributed by atoms with Crippen molar-refractivity contribution in [2.24, 2.45) is 14.1 Å². The number of anilines is 1. The van der Waals surface area contributed by atoms with Gasteiger partial charge in [0.05, 0.1) is 17.4 Å². The summed E-state index contributed by atoms with van der Waals surface area (Å²) in [6.45, 7) is 6.35. The minimum atomic E-state index is -0.237. The van der Waals surface area contributed by atoms with E-state index < -0.39 is 0 Å². The molecule has 1 N–H and O–H groups in total. The molecule has 0 aliphatic rings. The van der Waals surface area contributed by atoms with Gasteiger partial charge >= 0.3 is 0 Å². The largest absolute Gasteiger partial charge is 0.373 e. The van der Waals surface area contributed by atoms with E-state index in [0.29, 0.717) is 5.02 Å². The van der Waals surface area contributed by atoms with E-state index in [9.17, 15) is 4.79 Å². The van der Waals surface area contributed by atoms with Gasteiger partial charge in [-0.2, -0.15) is 5.10 Å². The van der Waals surface area contributed by atoms with Gasteiger partial charge in [0.15, 0.2) is 0 Å². The summed E-state index contributed by atoms with van der Waals surface area (Å²) in [6, 6.07) is 9.08. The third-order valence-corrected chi connectivity index (χ3v) is 5.23. The van der Waals surface area contributed by atoms with Crippen molar-refractivity contribution in [3.8, 4) is 0 Å². The molecule has 3 rings (SSSR count). The Morgan fingerprint density at radius 1 is 1.21 bits per heavy atom. The number of hydrogen-bond donors (Lipinski definition) is 1. The molecule has 1 aromatic carbocycles. The summed E-state index contributed by atoms with van der Waals surface area (Å²) in [7, 11) is 3.57. The number of halogens is 2. The summed E-state index contributed by atoms with van der Waals surface area (Å²) in [5, 5.41) is 8.99. The summed E-state index contributed by atoms with van der Waals surface area (Å²) in [4.78, 5) is 12.0. The first-order chi connectivity index (χ1) is 13.8. The maximum absolute atomic E-state index is 12.0. The number of allylic oxidation sites excluding steroid dienone is 1. The number of nitrogens with zero attached hydrogens (tertiary/aromatic N) is 3. The van der Waals surface area contributed by atoms with Crippen LogP contribution in [0.4, 0.5) is 5.69 Å². The van der Waals surface area contributed by atoms with Crippen molar-refractivity contribution in [2.45, 2.75) is 25.8 Å². The summed E-state index contributed by atoms with van der Waals surface area (Å²) in [6.07, 6.45) is 5.58. The smallest absolute Gasteiger partial charge is 0.269 e. The first kappa shape index (κ1) is 21.2. The normalized spacial score (nSPS) is 12.0. The molecular formula is C22H24Cl2N4O. The highest BCUT2D eigenvalue weighted by Gasteiger charge is 2.22. The van der Waals surface area contributed by atoms with E-state index in [1.54, 1.807) is 24.0 Å². The summed E-state index contributed by atoms with van der Waals surface area (Å²) in [5.41, 5.74) is 4.36. The molecule has 0 saturated carbocycles. The zero-order valence-corrected chi connectivity index (χ0v) is 18.3. The van der Waals surface area contributed by atoms with Crippen LogP contribution in [0.3, 0.4) is 0 Å². The van der Waals surface area contributed by atoms with Gasteiger partial charge in [0, 0.05) is 37.1 Å². The van der Waals surface area contributed by atoms with Crippen LogP contribution in [0.25, 0.3) is 5.57 Å². The molecule has 5 nitrogen and oxygen atoms in total. The molecular weight excluding hydrogens is 407 g/mol.